The minimum absolute atomic E-state index is 0.0967. The molecule has 0 spiro atoms. The highest BCUT2D eigenvalue weighted by atomic mass is 32.2. The first-order chi connectivity index (χ1) is 8.81. The topological polar surface area (TPSA) is 130 Å². The molecule has 0 atom stereocenters. The zero-order valence-corrected chi connectivity index (χ0v) is 10.9. The Morgan fingerprint density at radius 1 is 1.53 bits per heavy atom. The molecule has 10 heteroatoms. The van der Waals surface area contributed by atoms with Crippen LogP contribution in [-0.2, 0) is 17.1 Å². The molecule has 0 fully saturated rings. The molecular formula is C9H11N5O4S. The molecule has 19 heavy (non-hydrogen) atoms. The zero-order valence-electron chi connectivity index (χ0n) is 10.1. The first-order valence-corrected chi connectivity index (χ1v) is 6.60. The molecule has 102 valence electrons. The molecule has 2 aromatic rings. The van der Waals surface area contributed by atoms with Crippen LogP contribution in [0.3, 0.4) is 0 Å². The molecule has 0 aliphatic heterocycles. The lowest BCUT2D eigenvalue weighted by Gasteiger charge is -2.05. The van der Waals surface area contributed by atoms with Crippen LogP contribution >= 0.6 is 0 Å². The molecule has 0 bridgehead atoms. The molecule has 0 amide bonds. The van der Waals surface area contributed by atoms with E-state index in [4.69, 9.17) is 5.11 Å². The molecule has 3 N–H and O–H groups in total. The number of nitrogens with zero attached hydrogens (tertiary/aromatic N) is 3. The number of sulfonamides is 1. The van der Waals surface area contributed by atoms with Crippen molar-refractivity contribution in [1.82, 2.24) is 20.0 Å². The minimum Gasteiger partial charge on any atom is -0.476 e. The van der Waals surface area contributed by atoms with Gasteiger partial charge in [0.2, 0.25) is 0 Å². The second-order valence-electron chi connectivity index (χ2n) is 3.81. The van der Waals surface area contributed by atoms with Gasteiger partial charge >= 0.3 is 5.97 Å². The van der Waals surface area contributed by atoms with Crippen molar-refractivity contribution in [3.8, 4) is 0 Å². The van der Waals surface area contributed by atoms with Crippen LogP contribution in [0.2, 0.25) is 0 Å². The summed E-state index contributed by atoms with van der Waals surface area (Å²) in [6.45, 7) is 1.42. The fourth-order valence-corrected chi connectivity index (χ4v) is 2.87. The van der Waals surface area contributed by atoms with Crippen molar-refractivity contribution in [2.45, 2.75) is 11.8 Å². The summed E-state index contributed by atoms with van der Waals surface area (Å²) >= 11 is 0. The van der Waals surface area contributed by atoms with Gasteiger partial charge in [0.25, 0.3) is 10.0 Å². The summed E-state index contributed by atoms with van der Waals surface area (Å²) in [5.41, 5.74) is -0.415. The highest BCUT2D eigenvalue weighted by Gasteiger charge is 2.28. The number of rotatable bonds is 4. The SMILES string of the molecule is Cc1[nH]nc(C(=O)O)c1S(=O)(=O)Nc1ccn(C)n1. The molecule has 0 unspecified atom stereocenters. The van der Waals surface area contributed by atoms with Crippen LogP contribution in [0.1, 0.15) is 16.2 Å². The van der Waals surface area contributed by atoms with E-state index in [2.05, 4.69) is 20.0 Å². The summed E-state index contributed by atoms with van der Waals surface area (Å²) < 4.78 is 27.9. The van der Waals surface area contributed by atoms with Crippen LogP contribution in [0.4, 0.5) is 5.82 Å². The molecule has 2 aromatic heterocycles. The van der Waals surface area contributed by atoms with E-state index in [1.807, 2.05) is 0 Å². The number of carboxylic acid groups (broad SMARTS) is 1. The maximum atomic E-state index is 12.1. The Labute approximate surface area is 108 Å². The van der Waals surface area contributed by atoms with Crippen LogP contribution in [0, 0.1) is 6.92 Å². The predicted molar refractivity (Wildman–Crippen MR) is 64.3 cm³/mol. The third-order valence-electron chi connectivity index (χ3n) is 2.31. The predicted octanol–water partition coefficient (Wildman–Crippen LogP) is -0.0494. The molecule has 9 nitrogen and oxygen atoms in total. The van der Waals surface area contributed by atoms with Gasteiger partial charge < -0.3 is 5.11 Å². The number of aryl methyl sites for hydroxylation is 2. The summed E-state index contributed by atoms with van der Waals surface area (Å²) in [7, 11) is -2.43. The Morgan fingerprint density at radius 3 is 2.74 bits per heavy atom. The number of carbonyl (C=O) groups is 1. The number of nitrogens with one attached hydrogen (secondary N) is 2. The number of H-pyrrole nitrogens is 1. The molecule has 0 aliphatic rings. The first kappa shape index (κ1) is 13.1. The maximum Gasteiger partial charge on any atom is 0.357 e. The smallest absolute Gasteiger partial charge is 0.357 e. The van der Waals surface area contributed by atoms with Crippen molar-refractivity contribution < 1.29 is 18.3 Å². The number of hydrogen-bond donors (Lipinski definition) is 3. The number of aromatic amines is 1. The van der Waals surface area contributed by atoms with Gasteiger partial charge in [-0.05, 0) is 6.92 Å². The van der Waals surface area contributed by atoms with Crippen LogP contribution in [0.15, 0.2) is 17.2 Å². The fraction of sp³-hybridized carbons (Fsp3) is 0.222. The maximum absolute atomic E-state index is 12.1. The standard InChI is InChI=1S/C9H11N5O4S/c1-5-8(7(9(15)16)11-10-5)19(17,18)13-6-3-4-14(2)12-6/h3-4H,1-2H3,(H,10,11)(H,12,13)(H,15,16). The van der Waals surface area contributed by atoms with Gasteiger partial charge in [-0.15, -0.1) is 0 Å². The minimum atomic E-state index is -4.06. The molecule has 2 heterocycles. The van der Waals surface area contributed by atoms with Gasteiger partial charge in [-0.25, -0.2) is 13.2 Å². The first-order valence-electron chi connectivity index (χ1n) is 5.12. The van der Waals surface area contributed by atoms with E-state index in [0.29, 0.717) is 0 Å². The third-order valence-corrected chi connectivity index (χ3v) is 3.83. The van der Waals surface area contributed by atoms with Gasteiger partial charge in [-0.2, -0.15) is 10.2 Å². The molecule has 0 aromatic carbocycles. The fourth-order valence-electron chi connectivity index (χ4n) is 1.55. The molecule has 0 saturated heterocycles. The van der Waals surface area contributed by atoms with Crippen LogP contribution < -0.4 is 4.72 Å². The van der Waals surface area contributed by atoms with E-state index in [0.717, 1.165) is 0 Å². The van der Waals surface area contributed by atoms with Gasteiger partial charge in [0.05, 0.1) is 5.69 Å². The monoisotopic (exact) mass is 285 g/mol. The van der Waals surface area contributed by atoms with Gasteiger partial charge in [-0.1, -0.05) is 0 Å². The number of aromatic nitrogens is 4. The molecular weight excluding hydrogens is 274 g/mol. The summed E-state index contributed by atoms with van der Waals surface area (Å²) in [6.07, 6.45) is 1.55. The van der Waals surface area contributed by atoms with E-state index in [1.165, 1.54) is 17.7 Å². The average Bonchev–Trinajstić information content (AvgIpc) is 2.84. The van der Waals surface area contributed by atoms with Crippen molar-refractivity contribution in [2.75, 3.05) is 4.72 Å². The van der Waals surface area contributed by atoms with Gasteiger partial charge in [0, 0.05) is 19.3 Å². The van der Waals surface area contributed by atoms with Crippen LogP contribution in [0.5, 0.6) is 0 Å². The van der Waals surface area contributed by atoms with Gasteiger partial charge in [0.15, 0.2) is 11.5 Å². The number of aromatic carboxylic acids is 1. The largest absolute Gasteiger partial charge is 0.476 e. The summed E-state index contributed by atoms with van der Waals surface area (Å²) in [4.78, 5) is 10.5. The third kappa shape index (κ3) is 2.42. The molecule has 0 saturated carbocycles. The Morgan fingerprint density at radius 2 is 2.21 bits per heavy atom. The van der Waals surface area contributed by atoms with Crippen molar-refractivity contribution in [2.24, 2.45) is 7.05 Å². The van der Waals surface area contributed by atoms with Crippen molar-refractivity contribution in [1.29, 1.82) is 0 Å². The van der Waals surface area contributed by atoms with Crippen molar-refractivity contribution in [3.63, 3.8) is 0 Å². The van der Waals surface area contributed by atoms with Crippen LogP contribution in [-0.4, -0.2) is 39.5 Å². The second-order valence-corrected chi connectivity index (χ2v) is 5.43. The number of anilines is 1. The molecule has 0 aliphatic carbocycles. The van der Waals surface area contributed by atoms with E-state index < -0.39 is 26.6 Å². The van der Waals surface area contributed by atoms with E-state index >= 15 is 0 Å². The highest BCUT2D eigenvalue weighted by molar-refractivity contribution is 7.92. The Kier molecular flexibility index (Phi) is 3.02. The summed E-state index contributed by atoms with van der Waals surface area (Å²) in [5, 5.41) is 18.6. The average molecular weight is 285 g/mol. The van der Waals surface area contributed by atoms with E-state index in [1.54, 1.807) is 13.2 Å². The van der Waals surface area contributed by atoms with E-state index in [-0.39, 0.29) is 11.5 Å². The molecule has 2 rings (SSSR count). The number of hydrogen-bond acceptors (Lipinski definition) is 5. The quantitative estimate of drug-likeness (QED) is 0.722. The summed E-state index contributed by atoms with van der Waals surface area (Å²) in [5.74, 6) is -1.33. The lowest BCUT2D eigenvalue weighted by atomic mass is 10.4. The second kappa shape index (κ2) is 4.39. The lowest BCUT2D eigenvalue weighted by Crippen LogP contribution is -2.17. The Balaban J connectivity index is 2.45. The summed E-state index contributed by atoms with van der Waals surface area (Å²) in [6, 6.07) is 1.45. The Hall–Kier alpha value is -2.36. The van der Waals surface area contributed by atoms with Crippen molar-refractivity contribution in [3.05, 3.63) is 23.7 Å². The molecule has 0 radical (unpaired) electrons. The van der Waals surface area contributed by atoms with Crippen molar-refractivity contribution >= 4 is 21.8 Å². The van der Waals surface area contributed by atoms with Crippen LogP contribution in [0.25, 0.3) is 0 Å². The van der Waals surface area contributed by atoms with Gasteiger partial charge in [-0.3, -0.25) is 14.5 Å². The van der Waals surface area contributed by atoms with Gasteiger partial charge in [0.1, 0.15) is 4.90 Å². The Bertz CT molecular complexity index is 730. The number of carboxylic acids is 1. The zero-order chi connectivity index (χ0) is 14.2. The van der Waals surface area contributed by atoms with E-state index in [9.17, 15) is 13.2 Å². The normalized spacial score (nSPS) is 11.5. The lowest BCUT2D eigenvalue weighted by molar-refractivity contribution is 0.0686. The highest BCUT2D eigenvalue weighted by Crippen LogP contribution is 2.20.